The topological polar surface area (TPSA) is 75.9 Å². The molecule has 0 amide bonds. The summed E-state index contributed by atoms with van der Waals surface area (Å²) in [6, 6.07) is 0.412. The van der Waals surface area contributed by atoms with E-state index < -0.39 is 0 Å². The molecule has 0 aromatic carbocycles. The van der Waals surface area contributed by atoms with Crippen LogP contribution in [0.15, 0.2) is 6.20 Å². The zero-order valence-electron chi connectivity index (χ0n) is 10.7. The first-order valence-corrected chi connectivity index (χ1v) is 6.91. The number of nitrogens with zero attached hydrogens (tertiary/aromatic N) is 2. The molecule has 5 heteroatoms. The summed E-state index contributed by atoms with van der Waals surface area (Å²) in [4.78, 5) is 8.71. The minimum absolute atomic E-state index is 0.399. The third-order valence-electron chi connectivity index (χ3n) is 4.00. The molecular weight excluding hydrogens is 226 g/mol. The maximum absolute atomic E-state index is 5.76. The van der Waals surface area contributed by atoms with Crippen molar-refractivity contribution in [1.29, 1.82) is 0 Å². The Hall–Kier alpha value is -1.20. The van der Waals surface area contributed by atoms with Gasteiger partial charge in [-0.15, -0.1) is 0 Å². The molecule has 0 radical (unpaired) electrons. The van der Waals surface area contributed by atoms with Crippen molar-refractivity contribution in [2.45, 2.75) is 37.6 Å². The van der Waals surface area contributed by atoms with E-state index in [1.807, 2.05) is 6.20 Å². The predicted octanol–water partition coefficient (Wildman–Crippen LogP) is 0.950. The second kappa shape index (κ2) is 5.20. The lowest BCUT2D eigenvalue weighted by Crippen LogP contribution is -2.29. The highest BCUT2D eigenvalue weighted by atomic mass is 15.0. The standard InChI is InChI=1S/C13H21N5/c14-13-17-8-10(11-3-1-2-5-16-11)12(18-13)9-4-6-15-7-9/h8-9,11,15-16H,1-7H2,(H2,14,17,18). The van der Waals surface area contributed by atoms with Crippen molar-refractivity contribution in [2.24, 2.45) is 0 Å². The molecule has 1 aromatic rings. The molecule has 1 aromatic heterocycles. The van der Waals surface area contributed by atoms with Gasteiger partial charge < -0.3 is 16.4 Å². The van der Waals surface area contributed by atoms with Crippen molar-refractivity contribution in [3.8, 4) is 0 Å². The molecule has 2 atom stereocenters. The van der Waals surface area contributed by atoms with Gasteiger partial charge in [0.2, 0.25) is 5.95 Å². The van der Waals surface area contributed by atoms with Gasteiger partial charge in [-0.25, -0.2) is 9.97 Å². The fourth-order valence-electron chi connectivity index (χ4n) is 3.02. The molecule has 3 heterocycles. The molecule has 2 fully saturated rings. The summed E-state index contributed by atoms with van der Waals surface area (Å²) in [6.07, 6.45) is 6.81. The average Bonchev–Trinajstić information content (AvgIpc) is 2.93. The fourth-order valence-corrected chi connectivity index (χ4v) is 3.02. The van der Waals surface area contributed by atoms with Gasteiger partial charge in [-0.05, 0) is 32.4 Å². The number of piperidine rings is 1. The zero-order valence-corrected chi connectivity index (χ0v) is 10.7. The molecule has 0 aliphatic carbocycles. The highest BCUT2D eigenvalue weighted by molar-refractivity contribution is 5.31. The van der Waals surface area contributed by atoms with Gasteiger partial charge in [-0.3, -0.25) is 0 Å². The number of hydrogen-bond donors (Lipinski definition) is 3. The second-order valence-electron chi connectivity index (χ2n) is 5.26. The Balaban J connectivity index is 1.91. The van der Waals surface area contributed by atoms with E-state index in [4.69, 9.17) is 5.73 Å². The highest BCUT2D eigenvalue weighted by Gasteiger charge is 2.26. The average molecular weight is 247 g/mol. The summed E-state index contributed by atoms with van der Waals surface area (Å²) in [5, 5.41) is 6.98. The Labute approximate surface area is 108 Å². The third-order valence-corrected chi connectivity index (χ3v) is 4.00. The summed E-state index contributed by atoms with van der Waals surface area (Å²) in [5.74, 6) is 0.894. The van der Waals surface area contributed by atoms with E-state index >= 15 is 0 Å². The normalized spacial score (nSPS) is 28.4. The monoisotopic (exact) mass is 247 g/mol. The minimum Gasteiger partial charge on any atom is -0.368 e. The van der Waals surface area contributed by atoms with Gasteiger partial charge in [0.05, 0.1) is 5.69 Å². The van der Waals surface area contributed by atoms with E-state index in [0.29, 0.717) is 17.9 Å². The van der Waals surface area contributed by atoms with E-state index in [-0.39, 0.29) is 0 Å². The number of nitrogens with one attached hydrogen (secondary N) is 2. The molecule has 2 unspecified atom stereocenters. The maximum Gasteiger partial charge on any atom is 0.220 e. The van der Waals surface area contributed by atoms with E-state index in [1.165, 1.54) is 24.8 Å². The Morgan fingerprint density at radius 1 is 1.22 bits per heavy atom. The van der Waals surface area contributed by atoms with Crippen LogP contribution in [0.4, 0.5) is 5.95 Å². The number of anilines is 1. The van der Waals surface area contributed by atoms with Crippen LogP contribution in [-0.2, 0) is 0 Å². The van der Waals surface area contributed by atoms with Crippen molar-refractivity contribution >= 4 is 5.95 Å². The molecule has 0 spiro atoms. The molecule has 3 rings (SSSR count). The van der Waals surface area contributed by atoms with Gasteiger partial charge in [-0.2, -0.15) is 0 Å². The lowest BCUT2D eigenvalue weighted by molar-refractivity contribution is 0.406. The third kappa shape index (κ3) is 2.33. The van der Waals surface area contributed by atoms with Crippen molar-refractivity contribution in [3.05, 3.63) is 17.5 Å². The number of nitrogen functional groups attached to an aromatic ring is 1. The minimum atomic E-state index is 0.399. The lowest BCUT2D eigenvalue weighted by Gasteiger charge is -2.26. The number of rotatable bonds is 2. The molecule has 0 saturated carbocycles. The Morgan fingerprint density at radius 3 is 2.89 bits per heavy atom. The Kier molecular flexibility index (Phi) is 3.43. The van der Waals surface area contributed by atoms with Gasteiger partial charge in [0.1, 0.15) is 0 Å². The Bertz CT molecular complexity index is 408. The molecule has 18 heavy (non-hydrogen) atoms. The van der Waals surface area contributed by atoms with Crippen molar-refractivity contribution in [2.75, 3.05) is 25.4 Å². The summed E-state index contributed by atoms with van der Waals surface area (Å²) in [5.41, 5.74) is 8.18. The summed E-state index contributed by atoms with van der Waals surface area (Å²) < 4.78 is 0. The van der Waals surface area contributed by atoms with Crippen LogP contribution >= 0.6 is 0 Å². The molecule has 2 saturated heterocycles. The second-order valence-corrected chi connectivity index (χ2v) is 5.26. The van der Waals surface area contributed by atoms with Crippen LogP contribution < -0.4 is 16.4 Å². The molecular formula is C13H21N5. The molecule has 2 aliphatic heterocycles. The first-order chi connectivity index (χ1) is 8.84. The van der Waals surface area contributed by atoms with Crippen molar-refractivity contribution in [3.63, 3.8) is 0 Å². The summed E-state index contributed by atoms with van der Waals surface area (Å²) in [7, 11) is 0. The van der Waals surface area contributed by atoms with Crippen molar-refractivity contribution in [1.82, 2.24) is 20.6 Å². The number of aromatic nitrogens is 2. The first kappa shape index (κ1) is 11.9. The molecule has 2 aliphatic rings. The largest absolute Gasteiger partial charge is 0.368 e. The van der Waals surface area contributed by atoms with Crippen LogP contribution in [0.25, 0.3) is 0 Å². The quantitative estimate of drug-likeness (QED) is 0.725. The van der Waals surface area contributed by atoms with Crippen LogP contribution in [0.5, 0.6) is 0 Å². The number of nitrogens with two attached hydrogens (primary N) is 1. The van der Waals surface area contributed by atoms with Gasteiger partial charge in [-0.1, -0.05) is 6.42 Å². The number of hydrogen-bond acceptors (Lipinski definition) is 5. The van der Waals surface area contributed by atoms with Crippen molar-refractivity contribution < 1.29 is 0 Å². The molecule has 98 valence electrons. The summed E-state index contributed by atoms with van der Waals surface area (Å²) in [6.45, 7) is 3.18. The molecule has 5 nitrogen and oxygen atoms in total. The van der Waals surface area contributed by atoms with Gasteiger partial charge in [0.25, 0.3) is 0 Å². The smallest absolute Gasteiger partial charge is 0.220 e. The predicted molar refractivity (Wildman–Crippen MR) is 71.3 cm³/mol. The van der Waals surface area contributed by atoms with Crippen LogP contribution in [0, 0.1) is 0 Å². The zero-order chi connectivity index (χ0) is 12.4. The van der Waals surface area contributed by atoms with Crippen LogP contribution in [0.3, 0.4) is 0 Å². The van der Waals surface area contributed by atoms with E-state index in [9.17, 15) is 0 Å². The first-order valence-electron chi connectivity index (χ1n) is 6.91. The van der Waals surface area contributed by atoms with E-state index in [0.717, 1.165) is 31.7 Å². The Morgan fingerprint density at radius 2 is 2.17 bits per heavy atom. The van der Waals surface area contributed by atoms with E-state index in [2.05, 4.69) is 20.6 Å². The van der Waals surface area contributed by atoms with E-state index in [1.54, 1.807) is 0 Å². The fraction of sp³-hybridized carbons (Fsp3) is 0.692. The lowest BCUT2D eigenvalue weighted by atomic mass is 9.92. The van der Waals surface area contributed by atoms with Gasteiger partial charge in [0.15, 0.2) is 0 Å². The maximum atomic E-state index is 5.76. The van der Waals surface area contributed by atoms with Crippen LogP contribution in [0.1, 0.15) is 48.9 Å². The highest BCUT2D eigenvalue weighted by Crippen LogP contribution is 2.31. The molecule has 4 N–H and O–H groups in total. The SMILES string of the molecule is Nc1ncc(C2CCCCN2)c(C2CCNC2)n1. The van der Waals surface area contributed by atoms with Crippen LogP contribution in [-0.4, -0.2) is 29.6 Å². The van der Waals surface area contributed by atoms with Gasteiger partial charge in [0, 0.05) is 30.3 Å². The molecule has 0 bridgehead atoms. The summed E-state index contributed by atoms with van der Waals surface area (Å²) >= 11 is 0. The van der Waals surface area contributed by atoms with Crippen LogP contribution in [0.2, 0.25) is 0 Å². The van der Waals surface area contributed by atoms with Gasteiger partial charge >= 0.3 is 0 Å².